The molecule has 0 saturated carbocycles. The molecule has 26 heavy (non-hydrogen) atoms. The van der Waals surface area contributed by atoms with Crippen LogP contribution >= 0.6 is 0 Å². The molecule has 1 aromatic carbocycles. The topological polar surface area (TPSA) is 56.3 Å². The summed E-state index contributed by atoms with van der Waals surface area (Å²) in [6, 6.07) is 14.1. The van der Waals surface area contributed by atoms with Gasteiger partial charge in [-0.1, -0.05) is 12.1 Å². The van der Waals surface area contributed by atoms with Crippen molar-refractivity contribution in [3.8, 4) is 11.5 Å². The van der Waals surface area contributed by atoms with Crippen LogP contribution in [0.4, 0.5) is 0 Å². The van der Waals surface area contributed by atoms with Gasteiger partial charge in [-0.2, -0.15) is 0 Å². The van der Waals surface area contributed by atoms with Gasteiger partial charge in [0.25, 0.3) is 0 Å². The molecule has 0 aliphatic carbocycles. The van der Waals surface area contributed by atoms with Crippen molar-refractivity contribution in [2.45, 2.75) is 26.1 Å². The van der Waals surface area contributed by atoms with Crippen LogP contribution in [-0.2, 0) is 13.2 Å². The maximum atomic E-state index is 5.90. The van der Waals surface area contributed by atoms with Gasteiger partial charge in [-0.15, -0.1) is 0 Å². The van der Waals surface area contributed by atoms with E-state index >= 15 is 0 Å². The lowest BCUT2D eigenvalue weighted by molar-refractivity contribution is 0.284. The molecule has 0 bridgehead atoms. The molecule has 0 spiro atoms. The van der Waals surface area contributed by atoms with Gasteiger partial charge >= 0.3 is 0 Å². The summed E-state index contributed by atoms with van der Waals surface area (Å²) in [6.07, 6.45) is 7.17. The molecule has 1 atom stereocenters. The van der Waals surface area contributed by atoms with Crippen molar-refractivity contribution in [1.29, 1.82) is 0 Å². The quantitative estimate of drug-likeness (QED) is 0.668. The van der Waals surface area contributed by atoms with Crippen LogP contribution < -0.4 is 14.8 Å². The standard InChI is InChI=1S/C21H23N3O2/c1-16(24-14-18-4-3-9-23-13-18)19-5-6-20(21(12-19)25-2)26-15-17-7-10-22-11-8-17/h3-13,16,24H,14-15H2,1-2H3/t16-/m0/s1. The first-order valence-electron chi connectivity index (χ1n) is 8.58. The summed E-state index contributed by atoms with van der Waals surface area (Å²) in [4.78, 5) is 8.15. The van der Waals surface area contributed by atoms with E-state index in [-0.39, 0.29) is 6.04 Å². The minimum Gasteiger partial charge on any atom is -0.493 e. The van der Waals surface area contributed by atoms with Gasteiger partial charge in [0.1, 0.15) is 6.61 Å². The Hall–Kier alpha value is -2.92. The van der Waals surface area contributed by atoms with E-state index in [0.717, 1.165) is 34.7 Å². The maximum Gasteiger partial charge on any atom is 0.161 e. The number of nitrogens with zero attached hydrogens (tertiary/aromatic N) is 2. The molecule has 0 aliphatic heterocycles. The lowest BCUT2D eigenvalue weighted by Gasteiger charge is -2.17. The monoisotopic (exact) mass is 349 g/mol. The lowest BCUT2D eigenvalue weighted by Crippen LogP contribution is -2.18. The van der Waals surface area contributed by atoms with Crippen LogP contribution in [0.25, 0.3) is 0 Å². The van der Waals surface area contributed by atoms with Crippen LogP contribution in [0.3, 0.4) is 0 Å². The molecule has 5 heteroatoms. The number of hydrogen-bond donors (Lipinski definition) is 1. The molecule has 134 valence electrons. The highest BCUT2D eigenvalue weighted by atomic mass is 16.5. The van der Waals surface area contributed by atoms with E-state index < -0.39 is 0 Å². The molecule has 5 nitrogen and oxygen atoms in total. The first-order chi connectivity index (χ1) is 12.8. The second-order valence-corrected chi connectivity index (χ2v) is 6.02. The fourth-order valence-corrected chi connectivity index (χ4v) is 2.60. The predicted molar refractivity (Wildman–Crippen MR) is 101 cm³/mol. The molecule has 2 aromatic heterocycles. The van der Waals surface area contributed by atoms with Crippen LogP contribution in [0.5, 0.6) is 11.5 Å². The van der Waals surface area contributed by atoms with E-state index in [0.29, 0.717) is 6.61 Å². The predicted octanol–water partition coefficient (Wildman–Crippen LogP) is 3.92. The number of benzene rings is 1. The molecular weight excluding hydrogens is 326 g/mol. The van der Waals surface area contributed by atoms with E-state index in [1.165, 1.54) is 0 Å². The first-order valence-corrected chi connectivity index (χ1v) is 8.58. The normalized spacial score (nSPS) is 11.8. The van der Waals surface area contributed by atoms with Gasteiger partial charge in [-0.25, -0.2) is 0 Å². The summed E-state index contributed by atoms with van der Waals surface area (Å²) in [5.74, 6) is 1.46. The Morgan fingerprint density at radius 3 is 2.54 bits per heavy atom. The number of methoxy groups -OCH3 is 1. The van der Waals surface area contributed by atoms with Crippen molar-refractivity contribution in [2.24, 2.45) is 0 Å². The summed E-state index contributed by atoms with van der Waals surface area (Å²) in [5.41, 5.74) is 3.36. The van der Waals surface area contributed by atoms with E-state index in [2.05, 4.69) is 34.3 Å². The number of pyridine rings is 2. The number of rotatable bonds is 8. The Labute approximate surface area is 154 Å². The average Bonchev–Trinajstić information content (AvgIpc) is 2.72. The molecule has 0 amide bonds. The van der Waals surface area contributed by atoms with Crippen LogP contribution in [-0.4, -0.2) is 17.1 Å². The Balaban J connectivity index is 1.63. The third-order valence-electron chi connectivity index (χ3n) is 4.17. The van der Waals surface area contributed by atoms with Gasteiger partial charge in [0.2, 0.25) is 0 Å². The third kappa shape index (κ3) is 4.80. The Kier molecular flexibility index (Phi) is 6.17. The van der Waals surface area contributed by atoms with Gasteiger partial charge in [-0.3, -0.25) is 9.97 Å². The van der Waals surface area contributed by atoms with E-state index in [1.807, 2.05) is 36.5 Å². The smallest absolute Gasteiger partial charge is 0.161 e. The molecule has 0 aliphatic rings. The minimum atomic E-state index is 0.179. The van der Waals surface area contributed by atoms with Crippen LogP contribution in [0.2, 0.25) is 0 Å². The van der Waals surface area contributed by atoms with E-state index in [4.69, 9.17) is 9.47 Å². The number of hydrogen-bond acceptors (Lipinski definition) is 5. The van der Waals surface area contributed by atoms with Gasteiger partial charge in [-0.05, 0) is 53.9 Å². The van der Waals surface area contributed by atoms with Crippen molar-refractivity contribution >= 4 is 0 Å². The highest BCUT2D eigenvalue weighted by Crippen LogP contribution is 2.31. The molecule has 0 unspecified atom stereocenters. The van der Waals surface area contributed by atoms with Crippen molar-refractivity contribution in [3.05, 3.63) is 83.9 Å². The SMILES string of the molecule is COc1cc([C@H](C)NCc2cccnc2)ccc1OCc1ccncc1. The number of aromatic nitrogens is 2. The highest BCUT2D eigenvalue weighted by Gasteiger charge is 2.11. The third-order valence-corrected chi connectivity index (χ3v) is 4.17. The summed E-state index contributed by atoms with van der Waals surface area (Å²) in [6.45, 7) is 3.37. The first kappa shape index (κ1) is 17.9. The molecule has 1 N–H and O–H groups in total. The van der Waals surface area contributed by atoms with Gasteiger partial charge < -0.3 is 14.8 Å². The minimum absolute atomic E-state index is 0.179. The molecule has 2 heterocycles. The fraction of sp³-hybridized carbons (Fsp3) is 0.238. The second kappa shape index (κ2) is 8.97. The van der Waals surface area contributed by atoms with E-state index in [1.54, 1.807) is 25.7 Å². The molecule has 3 aromatic rings. The summed E-state index contributed by atoms with van der Waals surface area (Å²) >= 11 is 0. The van der Waals surface area contributed by atoms with Crippen molar-refractivity contribution in [3.63, 3.8) is 0 Å². The van der Waals surface area contributed by atoms with Crippen molar-refractivity contribution < 1.29 is 9.47 Å². The Morgan fingerprint density at radius 2 is 1.81 bits per heavy atom. The average molecular weight is 349 g/mol. The van der Waals surface area contributed by atoms with Crippen molar-refractivity contribution in [2.75, 3.05) is 7.11 Å². The summed E-state index contributed by atoms with van der Waals surface area (Å²) in [7, 11) is 1.66. The van der Waals surface area contributed by atoms with Crippen LogP contribution in [0.15, 0.2) is 67.3 Å². The van der Waals surface area contributed by atoms with Crippen LogP contribution in [0.1, 0.15) is 29.7 Å². The van der Waals surface area contributed by atoms with E-state index in [9.17, 15) is 0 Å². The Morgan fingerprint density at radius 1 is 0.962 bits per heavy atom. The van der Waals surface area contributed by atoms with Gasteiger partial charge in [0, 0.05) is 37.4 Å². The van der Waals surface area contributed by atoms with Gasteiger partial charge in [0.05, 0.1) is 7.11 Å². The zero-order valence-electron chi connectivity index (χ0n) is 15.1. The largest absolute Gasteiger partial charge is 0.493 e. The second-order valence-electron chi connectivity index (χ2n) is 6.02. The maximum absolute atomic E-state index is 5.90. The summed E-state index contributed by atoms with van der Waals surface area (Å²) in [5, 5.41) is 3.50. The number of ether oxygens (including phenoxy) is 2. The molecule has 0 saturated heterocycles. The molecule has 0 radical (unpaired) electrons. The molecule has 3 rings (SSSR count). The zero-order valence-corrected chi connectivity index (χ0v) is 15.1. The summed E-state index contributed by atoms with van der Waals surface area (Å²) < 4.78 is 11.4. The molecule has 0 fully saturated rings. The fourth-order valence-electron chi connectivity index (χ4n) is 2.60. The van der Waals surface area contributed by atoms with Crippen LogP contribution in [0, 0.1) is 0 Å². The lowest BCUT2D eigenvalue weighted by atomic mass is 10.1. The van der Waals surface area contributed by atoms with Gasteiger partial charge in [0.15, 0.2) is 11.5 Å². The zero-order chi connectivity index (χ0) is 18.2. The Bertz CT molecular complexity index is 810. The number of nitrogens with one attached hydrogen (secondary N) is 1. The highest BCUT2D eigenvalue weighted by molar-refractivity contribution is 5.44. The van der Waals surface area contributed by atoms with Crippen molar-refractivity contribution in [1.82, 2.24) is 15.3 Å². The molecular formula is C21H23N3O2.